The Morgan fingerprint density at radius 3 is 2.88 bits per heavy atom. The molecular weight excluding hydrogens is 249 g/mol. The zero-order chi connectivity index (χ0) is 11.7. The zero-order valence-electron chi connectivity index (χ0n) is 8.41. The van der Waals surface area contributed by atoms with Gasteiger partial charge < -0.3 is 9.51 Å². The highest BCUT2D eigenvalue weighted by Gasteiger charge is 2.16. The van der Waals surface area contributed by atoms with Gasteiger partial charge in [-0.05, 0) is 18.2 Å². The number of nitrogens with one attached hydrogen (secondary N) is 1. The molecule has 0 saturated carbocycles. The van der Waals surface area contributed by atoms with Crippen LogP contribution in [-0.4, -0.2) is 18.4 Å². The van der Waals surface area contributed by atoms with Crippen LogP contribution < -0.4 is 5.30 Å². The average molecular weight is 258 g/mol. The molecule has 0 radical (unpaired) electrons. The molecule has 0 saturated heterocycles. The molecule has 16 heavy (non-hydrogen) atoms. The maximum absolute atomic E-state index is 11.7. The molecule has 0 amide bonds. The number of benzene rings is 1. The normalized spacial score (nSPS) is 12.9. The van der Waals surface area contributed by atoms with Gasteiger partial charge in [-0.2, -0.15) is 0 Å². The van der Waals surface area contributed by atoms with E-state index in [1.165, 1.54) is 7.11 Å². The fourth-order valence-corrected chi connectivity index (χ4v) is 2.74. The number of aromatic nitrogens is 1. The number of hydrogen-bond acceptors (Lipinski definition) is 3. The predicted octanol–water partition coefficient (Wildman–Crippen LogP) is 2.38. The third kappa shape index (κ3) is 1.80. The largest absolute Gasteiger partial charge is 0.352 e. The summed E-state index contributed by atoms with van der Waals surface area (Å²) >= 11 is 5.86. The maximum atomic E-state index is 11.7. The van der Waals surface area contributed by atoms with E-state index in [0.29, 0.717) is 22.0 Å². The predicted molar refractivity (Wildman–Crippen MR) is 64.3 cm³/mol. The second-order valence-electron chi connectivity index (χ2n) is 3.21. The maximum Gasteiger partial charge on any atom is 0.223 e. The SMILES string of the molecule is CO[PH](=O)c1c(C=O)[nH]c2ccc(Cl)cc12. The van der Waals surface area contributed by atoms with Gasteiger partial charge in [0.25, 0.3) is 0 Å². The van der Waals surface area contributed by atoms with Crippen molar-refractivity contribution in [3.8, 4) is 0 Å². The lowest BCUT2D eigenvalue weighted by molar-refractivity contribution is 0.112. The topological polar surface area (TPSA) is 59.2 Å². The lowest BCUT2D eigenvalue weighted by atomic mass is 10.2. The molecule has 6 heteroatoms. The van der Waals surface area contributed by atoms with Crippen molar-refractivity contribution >= 4 is 42.1 Å². The second-order valence-corrected chi connectivity index (χ2v) is 5.13. The summed E-state index contributed by atoms with van der Waals surface area (Å²) in [6.07, 6.45) is 0.630. The first kappa shape index (κ1) is 11.4. The molecule has 1 heterocycles. The van der Waals surface area contributed by atoms with Gasteiger partial charge in [0.15, 0.2) is 6.29 Å². The van der Waals surface area contributed by atoms with Crippen LogP contribution in [0.3, 0.4) is 0 Å². The van der Waals surface area contributed by atoms with Crippen LogP contribution in [0.15, 0.2) is 18.2 Å². The summed E-state index contributed by atoms with van der Waals surface area (Å²) in [6.45, 7) is 0. The summed E-state index contributed by atoms with van der Waals surface area (Å²) in [5.41, 5.74) is 1.000. The molecule has 1 aromatic heterocycles. The first-order chi connectivity index (χ1) is 7.67. The van der Waals surface area contributed by atoms with E-state index < -0.39 is 8.03 Å². The van der Waals surface area contributed by atoms with Gasteiger partial charge >= 0.3 is 0 Å². The molecule has 1 atom stereocenters. The van der Waals surface area contributed by atoms with Crippen LogP contribution in [0.4, 0.5) is 0 Å². The van der Waals surface area contributed by atoms with Gasteiger partial charge in [0.1, 0.15) is 0 Å². The third-order valence-corrected chi connectivity index (χ3v) is 3.85. The third-order valence-electron chi connectivity index (χ3n) is 2.30. The summed E-state index contributed by atoms with van der Waals surface area (Å²) in [6, 6.07) is 5.10. The van der Waals surface area contributed by atoms with Gasteiger partial charge in [-0.25, -0.2) is 0 Å². The van der Waals surface area contributed by atoms with Crippen LogP contribution in [0, 0.1) is 0 Å². The molecule has 1 N–H and O–H groups in total. The van der Waals surface area contributed by atoms with E-state index in [2.05, 4.69) is 4.98 Å². The molecule has 0 bridgehead atoms. The summed E-state index contributed by atoms with van der Waals surface area (Å²) < 4.78 is 16.5. The molecule has 1 aromatic carbocycles. The van der Waals surface area contributed by atoms with Crippen LogP contribution >= 0.6 is 19.6 Å². The molecule has 2 rings (SSSR count). The van der Waals surface area contributed by atoms with Crippen molar-refractivity contribution in [3.63, 3.8) is 0 Å². The van der Waals surface area contributed by atoms with Crippen molar-refractivity contribution in [2.45, 2.75) is 0 Å². The van der Waals surface area contributed by atoms with Crippen molar-refractivity contribution in [3.05, 3.63) is 28.9 Å². The summed E-state index contributed by atoms with van der Waals surface area (Å²) in [4.78, 5) is 13.7. The van der Waals surface area contributed by atoms with Gasteiger partial charge in [0.05, 0.1) is 11.0 Å². The Balaban J connectivity index is 2.80. The number of carbonyl (C=O) groups is 1. The number of aldehydes is 1. The van der Waals surface area contributed by atoms with Gasteiger partial charge in [-0.15, -0.1) is 0 Å². The number of fused-ring (bicyclic) bond motifs is 1. The fraction of sp³-hybridized carbons (Fsp3) is 0.100. The molecule has 0 spiro atoms. The van der Waals surface area contributed by atoms with Crippen LogP contribution in [0.5, 0.6) is 0 Å². The molecule has 0 aliphatic rings. The van der Waals surface area contributed by atoms with Crippen molar-refractivity contribution in [2.24, 2.45) is 0 Å². The van der Waals surface area contributed by atoms with Crippen molar-refractivity contribution in [1.82, 2.24) is 4.98 Å². The van der Waals surface area contributed by atoms with Crippen molar-refractivity contribution in [1.29, 1.82) is 0 Å². The molecule has 1 unspecified atom stereocenters. The van der Waals surface area contributed by atoms with Crippen LogP contribution in [0.25, 0.3) is 10.9 Å². The zero-order valence-corrected chi connectivity index (χ0v) is 10.2. The number of aromatic amines is 1. The van der Waals surface area contributed by atoms with Gasteiger partial charge in [0.2, 0.25) is 8.03 Å². The first-order valence-electron chi connectivity index (χ1n) is 4.52. The van der Waals surface area contributed by atoms with Gasteiger partial charge in [-0.3, -0.25) is 9.36 Å². The van der Waals surface area contributed by atoms with E-state index in [1.807, 2.05) is 0 Å². The lowest BCUT2D eigenvalue weighted by Gasteiger charge is -1.99. The van der Waals surface area contributed by atoms with Crippen LogP contribution in [0.1, 0.15) is 10.5 Å². The quantitative estimate of drug-likeness (QED) is 0.678. The molecule has 2 aromatic rings. The van der Waals surface area contributed by atoms with E-state index in [1.54, 1.807) is 18.2 Å². The number of rotatable bonds is 3. The number of H-pyrrole nitrogens is 1. The molecule has 84 valence electrons. The van der Waals surface area contributed by atoms with Gasteiger partial charge in [-0.1, -0.05) is 11.6 Å². The fourth-order valence-electron chi connectivity index (χ4n) is 1.60. The minimum Gasteiger partial charge on any atom is -0.352 e. The summed E-state index contributed by atoms with van der Waals surface area (Å²) in [7, 11) is -1.07. The Morgan fingerprint density at radius 1 is 1.50 bits per heavy atom. The lowest BCUT2D eigenvalue weighted by Crippen LogP contribution is -2.02. The Kier molecular flexibility index (Phi) is 3.15. The Morgan fingerprint density at radius 2 is 2.25 bits per heavy atom. The van der Waals surface area contributed by atoms with Crippen molar-refractivity contribution in [2.75, 3.05) is 7.11 Å². The molecular formula is C10H9ClNO3P. The van der Waals surface area contributed by atoms with Gasteiger partial charge in [0, 0.05) is 23.0 Å². The van der Waals surface area contributed by atoms with Crippen LogP contribution in [0.2, 0.25) is 5.02 Å². The standard InChI is InChI=1S/C10H9ClNO3P/c1-15-16(14)10-7-4-6(11)2-3-8(7)12-9(10)5-13/h2-5,12,16H,1H3. The molecule has 0 aliphatic heterocycles. The van der Waals surface area contributed by atoms with Crippen LogP contribution in [-0.2, 0) is 9.09 Å². The van der Waals surface area contributed by atoms with E-state index in [4.69, 9.17) is 16.1 Å². The highest BCUT2D eigenvalue weighted by atomic mass is 35.5. The molecule has 0 fully saturated rings. The van der Waals surface area contributed by atoms with E-state index >= 15 is 0 Å². The minimum absolute atomic E-state index is 0.281. The highest BCUT2D eigenvalue weighted by molar-refractivity contribution is 7.49. The molecule has 4 nitrogen and oxygen atoms in total. The summed E-state index contributed by atoms with van der Waals surface area (Å²) in [5.74, 6) is 0. The Bertz CT molecular complexity index is 579. The number of carbonyl (C=O) groups excluding carboxylic acids is 1. The first-order valence-corrected chi connectivity index (χ1v) is 6.21. The number of halogens is 1. The average Bonchev–Trinajstić information content (AvgIpc) is 2.65. The minimum atomic E-state index is -2.42. The Hall–Kier alpha value is -1.09. The molecule has 0 aliphatic carbocycles. The van der Waals surface area contributed by atoms with E-state index in [9.17, 15) is 9.36 Å². The monoisotopic (exact) mass is 257 g/mol. The van der Waals surface area contributed by atoms with E-state index in [0.717, 1.165) is 5.52 Å². The highest BCUT2D eigenvalue weighted by Crippen LogP contribution is 2.29. The smallest absolute Gasteiger partial charge is 0.223 e. The summed E-state index contributed by atoms with van der Waals surface area (Å²) in [5, 5.41) is 1.59. The van der Waals surface area contributed by atoms with E-state index in [-0.39, 0.29) is 5.69 Å². The Labute approximate surface area is 97.4 Å². The van der Waals surface area contributed by atoms with Crippen molar-refractivity contribution < 1.29 is 13.9 Å². The second kappa shape index (κ2) is 4.42. The number of hydrogen-bond donors (Lipinski definition) is 1.